The lowest BCUT2D eigenvalue weighted by molar-refractivity contribution is -0.281. The molecule has 2 heterocycles. The number of hydrogen-bond donors (Lipinski definition) is 2. The zero-order valence-corrected chi connectivity index (χ0v) is 17.7. The molecular formula is C23H21ClF3NO4. The number of amides is 1. The molecule has 2 fully saturated rings. The summed E-state index contributed by atoms with van der Waals surface area (Å²) in [6.45, 7) is 0.326. The number of alkyl halides is 3. The molecule has 2 aromatic carbocycles. The Morgan fingerprint density at radius 3 is 2.69 bits per heavy atom. The normalized spacial score (nSPS) is 26.2. The molecule has 9 heteroatoms. The number of fused-ring (bicyclic) bond motifs is 2. The molecule has 1 saturated carbocycles. The Morgan fingerprint density at radius 1 is 1.19 bits per heavy atom. The van der Waals surface area contributed by atoms with Crippen LogP contribution in [0.3, 0.4) is 0 Å². The van der Waals surface area contributed by atoms with E-state index in [4.69, 9.17) is 21.1 Å². The van der Waals surface area contributed by atoms with Gasteiger partial charge in [-0.2, -0.15) is 13.2 Å². The minimum Gasteiger partial charge on any atom is -0.384 e. The van der Waals surface area contributed by atoms with Crippen molar-refractivity contribution in [3.05, 3.63) is 63.7 Å². The number of nitrogens with one attached hydrogen (secondary N) is 1. The Kier molecular flexibility index (Phi) is 5.24. The van der Waals surface area contributed by atoms with Gasteiger partial charge in [0.15, 0.2) is 0 Å². The van der Waals surface area contributed by atoms with Crippen LogP contribution >= 0.6 is 11.6 Å². The van der Waals surface area contributed by atoms with E-state index < -0.39 is 29.5 Å². The van der Waals surface area contributed by atoms with Gasteiger partial charge in [0, 0.05) is 10.6 Å². The highest BCUT2D eigenvalue weighted by Crippen LogP contribution is 2.47. The van der Waals surface area contributed by atoms with E-state index in [1.165, 1.54) is 18.2 Å². The average Bonchev–Trinajstić information content (AvgIpc) is 3.52. The number of carbonyl (C=O) groups excluding carboxylic acids is 1. The maximum atomic E-state index is 13.5. The zero-order chi connectivity index (χ0) is 22.7. The molecule has 1 saturated heterocycles. The van der Waals surface area contributed by atoms with E-state index in [9.17, 15) is 23.1 Å². The van der Waals surface area contributed by atoms with Crippen LogP contribution < -0.4 is 5.32 Å². The number of ether oxygens (including phenoxy) is 2. The molecule has 5 nitrogen and oxygen atoms in total. The minimum absolute atomic E-state index is 0.0818. The van der Waals surface area contributed by atoms with E-state index in [2.05, 4.69) is 5.32 Å². The summed E-state index contributed by atoms with van der Waals surface area (Å²) in [5.41, 5.74) is -0.349. The van der Waals surface area contributed by atoms with E-state index >= 15 is 0 Å². The average molecular weight is 468 g/mol. The molecule has 2 aliphatic heterocycles. The highest BCUT2D eigenvalue weighted by atomic mass is 35.5. The third kappa shape index (κ3) is 3.79. The van der Waals surface area contributed by atoms with Crippen molar-refractivity contribution in [3.8, 4) is 0 Å². The second-order valence-corrected chi connectivity index (χ2v) is 9.00. The summed E-state index contributed by atoms with van der Waals surface area (Å²) < 4.78 is 52.6. The third-order valence-corrected chi connectivity index (χ3v) is 6.48. The fourth-order valence-corrected chi connectivity index (χ4v) is 4.62. The number of anilines is 1. The standard InChI is InChI=1S/C23H21ClF3NO4/c24-14-4-5-16(17(11-14)23(25,26)27)20(29)13-3-6-19-18(10-13)22(21(30)28-19)31-8-7-15(32-22)9-12-1-2-12/h3-6,10-12,15,20,29H,1-2,7-9H2,(H,28,30)/t15?,20?,22-/m1/s1. The van der Waals surface area contributed by atoms with Crippen molar-refractivity contribution in [2.24, 2.45) is 5.92 Å². The van der Waals surface area contributed by atoms with E-state index in [0.717, 1.165) is 31.4 Å². The van der Waals surface area contributed by atoms with Crippen LogP contribution in [-0.2, 0) is 26.2 Å². The van der Waals surface area contributed by atoms with Gasteiger partial charge in [-0.15, -0.1) is 0 Å². The highest BCUT2D eigenvalue weighted by Gasteiger charge is 2.53. The molecule has 3 aliphatic rings. The molecule has 2 aromatic rings. The Balaban J connectivity index is 1.51. The predicted octanol–water partition coefficient (Wildman–Crippen LogP) is 5.15. The van der Waals surface area contributed by atoms with Crippen LogP contribution in [0.5, 0.6) is 0 Å². The third-order valence-electron chi connectivity index (χ3n) is 6.25. The number of aliphatic hydroxyl groups excluding tert-OH is 1. The highest BCUT2D eigenvalue weighted by molar-refractivity contribution is 6.30. The van der Waals surface area contributed by atoms with Crippen molar-refractivity contribution in [1.29, 1.82) is 0 Å². The number of halogens is 4. The van der Waals surface area contributed by atoms with Crippen molar-refractivity contribution in [1.82, 2.24) is 0 Å². The fraction of sp³-hybridized carbons (Fsp3) is 0.435. The van der Waals surface area contributed by atoms with Crippen molar-refractivity contribution in [3.63, 3.8) is 0 Å². The van der Waals surface area contributed by atoms with Gasteiger partial charge in [-0.3, -0.25) is 4.79 Å². The van der Waals surface area contributed by atoms with Crippen LogP contribution in [-0.4, -0.2) is 23.7 Å². The second-order valence-electron chi connectivity index (χ2n) is 8.56. The summed E-state index contributed by atoms with van der Waals surface area (Å²) in [6.07, 6.45) is -2.62. The van der Waals surface area contributed by atoms with Crippen LogP contribution in [0.25, 0.3) is 0 Å². The lowest BCUT2D eigenvalue weighted by Crippen LogP contribution is -2.47. The first-order chi connectivity index (χ1) is 15.2. The van der Waals surface area contributed by atoms with Crippen molar-refractivity contribution in [2.45, 2.75) is 49.9 Å². The Hall–Kier alpha value is -2.13. The van der Waals surface area contributed by atoms with Gasteiger partial charge in [0.05, 0.1) is 24.0 Å². The molecule has 1 aliphatic carbocycles. The molecule has 0 aromatic heterocycles. The largest absolute Gasteiger partial charge is 0.416 e. The molecule has 1 amide bonds. The summed E-state index contributed by atoms with van der Waals surface area (Å²) in [7, 11) is 0. The van der Waals surface area contributed by atoms with Crippen LogP contribution in [0.2, 0.25) is 5.02 Å². The molecule has 0 bridgehead atoms. The molecule has 0 radical (unpaired) electrons. The number of aliphatic hydroxyl groups is 1. The first kappa shape index (κ1) is 21.7. The van der Waals surface area contributed by atoms with Gasteiger partial charge in [-0.1, -0.05) is 36.6 Å². The quantitative estimate of drug-likeness (QED) is 0.652. The SMILES string of the molecule is O=C1Nc2ccc(C(O)c3ccc(Cl)cc3C(F)(F)F)cc2[C@]12OCCC(CC1CC1)O2. The number of rotatable bonds is 4. The Bertz CT molecular complexity index is 1070. The first-order valence-electron chi connectivity index (χ1n) is 10.5. The van der Waals surface area contributed by atoms with E-state index in [0.29, 0.717) is 30.2 Å². The summed E-state index contributed by atoms with van der Waals surface area (Å²) in [5.74, 6) is -1.53. The van der Waals surface area contributed by atoms with Gasteiger partial charge < -0.3 is 19.9 Å². The van der Waals surface area contributed by atoms with E-state index in [1.54, 1.807) is 6.07 Å². The van der Waals surface area contributed by atoms with E-state index in [1.807, 2.05) is 0 Å². The monoisotopic (exact) mass is 467 g/mol. The van der Waals surface area contributed by atoms with Gasteiger partial charge in [0.25, 0.3) is 11.7 Å². The molecule has 2 N–H and O–H groups in total. The van der Waals surface area contributed by atoms with Crippen LogP contribution in [0, 0.1) is 5.92 Å². The lowest BCUT2D eigenvalue weighted by atomic mass is 9.93. The number of benzene rings is 2. The number of carbonyl (C=O) groups is 1. The summed E-state index contributed by atoms with van der Waals surface area (Å²) >= 11 is 5.76. The molecule has 170 valence electrons. The van der Waals surface area contributed by atoms with Gasteiger partial charge >= 0.3 is 6.18 Å². The fourth-order valence-electron chi connectivity index (χ4n) is 4.45. The maximum absolute atomic E-state index is 13.5. The minimum atomic E-state index is -4.69. The van der Waals surface area contributed by atoms with Crippen molar-refractivity contribution in [2.75, 3.05) is 11.9 Å². The van der Waals surface area contributed by atoms with Crippen LogP contribution in [0.1, 0.15) is 54.0 Å². The van der Waals surface area contributed by atoms with Gasteiger partial charge in [-0.25, -0.2) is 0 Å². The molecule has 32 heavy (non-hydrogen) atoms. The predicted molar refractivity (Wildman–Crippen MR) is 110 cm³/mol. The molecule has 1 spiro atoms. The molecule has 5 rings (SSSR count). The number of hydrogen-bond acceptors (Lipinski definition) is 4. The Morgan fingerprint density at radius 2 is 1.97 bits per heavy atom. The Labute approximate surface area is 187 Å². The van der Waals surface area contributed by atoms with Crippen molar-refractivity contribution >= 4 is 23.2 Å². The summed E-state index contributed by atoms with van der Waals surface area (Å²) in [4.78, 5) is 12.8. The second kappa shape index (κ2) is 7.73. The molecule has 3 atom stereocenters. The van der Waals surface area contributed by atoms with Gasteiger partial charge in [0.2, 0.25) is 0 Å². The summed E-state index contributed by atoms with van der Waals surface area (Å²) in [5, 5.41) is 13.5. The van der Waals surface area contributed by atoms with Gasteiger partial charge in [-0.05, 0) is 54.2 Å². The lowest BCUT2D eigenvalue weighted by Gasteiger charge is -2.37. The maximum Gasteiger partial charge on any atom is 0.416 e. The van der Waals surface area contributed by atoms with E-state index in [-0.39, 0.29) is 22.3 Å². The van der Waals surface area contributed by atoms with Gasteiger partial charge in [0.1, 0.15) is 6.10 Å². The zero-order valence-electron chi connectivity index (χ0n) is 16.9. The van der Waals surface area contributed by atoms with Crippen LogP contribution in [0.4, 0.5) is 18.9 Å². The van der Waals surface area contributed by atoms with Crippen molar-refractivity contribution < 1.29 is 32.5 Å². The summed E-state index contributed by atoms with van der Waals surface area (Å²) in [6, 6.07) is 7.73. The first-order valence-corrected chi connectivity index (χ1v) is 10.9. The van der Waals surface area contributed by atoms with Crippen LogP contribution in [0.15, 0.2) is 36.4 Å². The molecule has 2 unspecified atom stereocenters. The smallest absolute Gasteiger partial charge is 0.384 e. The topological polar surface area (TPSA) is 67.8 Å². The molecular weight excluding hydrogens is 447 g/mol.